The van der Waals surface area contributed by atoms with Crippen LogP contribution < -0.4 is 10.6 Å². The number of hydrogen-bond acceptors (Lipinski definition) is 3. The lowest BCUT2D eigenvalue weighted by Gasteiger charge is -2.16. The molecule has 0 saturated heterocycles. The molecule has 1 amide bonds. The minimum atomic E-state index is -4.30. The molecule has 0 saturated carbocycles. The van der Waals surface area contributed by atoms with Crippen LogP contribution >= 0.6 is 0 Å². The molecule has 0 aliphatic heterocycles. The van der Waals surface area contributed by atoms with Gasteiger partial charge in [-0.05, 0) is 25.5 Å². The Balaban J connectivity index is 2.81. The predicted octanol–water partition coefficient (Wildman–Crippen LogP) is 2.76. The molecular formula is C13H18F3N3O. The molecule has 1 unspecified atom stereocenters. The Morgan fingerprint density at radius 2 is 2.05 bits per heavy atom. The minimum absolute atomic E-state index is 0.301. The van der Waals surface area contributed by atoms with Crippen LogP contribution in [0.25, 0.3) is 0 Å². The van der Waals surface area contributed by atoms with Crippen LogP contribution in [-0.2, 0) is 6.42 Å². The van der Waals surface area contributed by atoms with E-state index in [2.05, 4.69) is 15.6 Å². The van der Waals surface area contributed by atoms with E-state index in [1.54, 1.807) is 13.1 Å². The van der Waals surface area contributed by atoms with Crippen LogP contribution in [0.5, 0.6) is 0 Å². The number of carbonyl (C=O) groups is 1. The van der Waals surface area contributed by atoms with Crippen LogP contribution in [0.3, 0.4) is 0 Å². The Morgan fingerprint density at radius 3 is 2.55 bits per heavy atom. The lowest BCUT2D eigenvalue weighted by molar-refractivity contribution is -0.138. The van der Waals surface area contributed by atoms with Crippen molar-refractivity contribution in [2.75, 3.05) is 12.4 Å². The number of aryl methyl sites for hydroxylation is 1. The van der Waals surface area contributed by atoms with Crippen molar-refractivity contribution in [1.82, 2.24) is 10.3 Å². The number of aromatic nitrogens is 1. The Kier molecular flexibility index (Phi) is 5.35. The first-order valence-corrected chi connectivity index (χ1v) is 6.31. The summed E-state index contributed by atoms with van der Waals surface area (Å²) in [5.74, 6) is -0.0201. The molecule has 112 valence electrons. The number of rotatable bonds is 5. The highest BCUT2D eigenvalue weighted by atomic mass is 19.4. The molecule has 1 aromatic heterocycles. The number of alkyl halides is 3. The molecule has 20 heavy (non-hydrogen) atoms. The van der Waals surface area contributed by atoms with Gasteiger partial charge in [-0.25, -0.2) is 4.98 Å². The Bertz CT molecular complexity index is 452. The Labute approximate surface area is 115 Å². The van der Waals surface area contributed by atoms with E-state index in [4.69, 9.17) is 0 Å². The van der Waals surface area contributed by atoms with Crippen molar-refractivity contribution < 1.29 is 18.0 Å². The summed E-state index contributed by atoms with van der Waals surface area (Å²) in [6.45, 7) is 3.21. The molecule has 4 nitrogen and oxygen atoms in total. The van der Waals surface area contributed by atoms with Crippen molar-refractivity contribution in [3.63, 3.8) is 0 Å². The standard InChI is InChI=1S/C13H18F3N3O/c1-4-10-5-9(6-11(17-3)19-10)12(20)18-8(2)7-13(14,15)16/h5-6,8H,4,7H2,1-3H3,(H,17,19)(H,18,20). The molecule has 1 heterocycles. The normalized spacial score (nSPS) is 12.9. The predicted molar refractivity (Wildman–Crippen MR) is 70.8 cm³/mol. The summed E-state index contributed by atoms with van der Waals surface area (Å²) in [4.78, 5) is 16.2. The highest BCUT2D eigenvalue weighted by Crippen LogP contribution is 2.21. The van der Waals surface area contributed by atoms with E-state index in [0.717, 1.165) is 0 Å². The van der Waals surface area contributed by atoms with Gasteiger partial charge in [0, 0.05) is 24.3 Å². The van der Waals surface area contributed by atoms with E-state index in [-0.39, 0.29) is 0 Å². The van der Waals surface area contributed by atoms with Gasteiger partial charge >= 0.3 is 6.18 Å². The van der Waals surface area contributed by atoms with Gasteiger partial charge in [-0.2, -0.15) is 13.2 Å². The first-order valence-electron chi connectivity index (χ1n) is 6.31. The van der Waals surface area contributed by atoms with Gasteiger partial charge in [0.1, 0.15) is 5.82 Å². The van der Waals surface area contributed by atoms with Crippen molar-refractivity contribution >= 4 is 11.7 Å². The molecule has 1 aromatic rings. The fourth-order valence-corrected chi connectivity index (χ4v) is 1.73. The molecule has 7 heteroatoms. The molecule has 2 N–H and O–H groups in total. The van der Waals surface area contributed by atoms with Crippen molar-refractivity contribution in [3.05, 3.63) is 23.4 Å². The molecule has 0 spiro atoms. The second-order valence-corrected chi connectivity index (χ2v) is 4.53. The monoisotopic (exact) mass is 289 g/mol. The number of hydrogen-bond donors (Lipinski definition) is 2. The van der Waals surface area contributed by atoms with E-state index in [9.17, 15) is 18.0 Å². The SMILES string of the molecule is CCc1cc(C(=O)NC(C)CC(F)(F)F)cc(NC)n1. The smallest absolute Gasteiger partial charge is 0.373 e. The summed E-state index contributed by atoms with van der Waals surface area (Å²) in [6.07, 6.45) is -4.72. The first-order chi connectivity index (χ1) is 9.25. The van der Waals surface area contributed by atoms with Gasteiger partial charge in [0.15, 0.2) is 0 Å². The van der Waals surface area contributed by atoms with Crippen molar-refractivity contribution in [3.8, 4) is 0 Å². The average molecular weight is 289 g/mol. The second-order valence-electron chi connectivity index (χ2n) is 4.53. The fourth-order valence-electron chi connectivity index (χ4n) is 1.73. The number of nitrogens with one attached hydrogen (secondary N) is 2. The molecule has 0 radical (unpaired) electrons. The zero-order chi connectivity index (χ0) is 15.3. The molecule has 1 rings (SSSR count). The zero-order valence-corrected chi connectivity index (χ0v) is 11.6. The number of halogens is 3. The van der Waals surface area contributed by atoms with E-state index >= 15 is 0 Å². The van der Waals surface area contributed by atoms with Crippen LogP contribution in [0.15, 0.2) is 12.1 Å². The number of amides is 1. The van der Waals surface area contributed by atoms with Crippen molar-refractivity contribution in [2.24, 2.45) is 0 Å². The average Bonchev–Trinajstić information content (AvgIpc) is 2.35. The van der Waals surface area contributed by atoms with Crippen molar-refractivity contribution in [2.45, 2.75) is 38.9 Å². The van der Waals surface area contributed by atoms with Crippen molar-refractivity contribution in [1.29, 1.82) is 0 Å². The number of anilines is 1. The summed E-state index contributed by atoms with van der Waals surface area (Å²) >= 11 is 0. The minimum Gasteiger partial charge on any atom is -0.373 e. The summed E-state index contributed by atoms with van der Waals surface area (Å²) in [6, 6.07) is 2.12. The van der Waals surface area contributed by atoms with Gasteiger partial charge in [0.05, 0.1) is 6.42 Å². The van der Waals surface area contributed by atoms with Gasteiger partial charge in [-0.15, -0.1) is 0 Å². The molecule has 0 aromatic carbocycles. The highest BCUT2D eigenvalue weighted by molar-refractivity contribution is 5.95. The van der Waals surface area contributed by atoms with Crippen LogP contribution in [0.2, 0.25) is 0 Å². The maximum absolute atomic E-state index is 12.2. The van der Waals surface area contributed by atoms with Crippen LogP contribution in [-0.4, -0.2) is 30.2 Å². The number of pyridine rings is 1. The fraction of sp³-hybridized carbons (Fsp3) is 0.538. The summed E-state index contributed by atoms with van der Waals surface area (Å²) in [5, 5.41) is 5.16. The summed E-state index contributed by atoms with van der Waals surface area (Å²) in [5.41, 5.74) is 1.00. The molecule has 0 fully saturated rings. The summed E-state index contributed by atoms with van der Waals surface area (Å²) in [7, 11) is 1.66. The van der Waals surface area contributed by atoms with E-state index in [0.29, 0.717) is 23.5 Å². The quantitative estimate of drug-likeness (QED) is 0.876. The van der Waals surface area contributed by atoms with Gasteiger partial charge < -0.3 is 10.6 Å². The van der Waals surface area contributed by atoms with Crippen LogP contribution in [0.4, 0.5) is 19.0 Å². The van der Waals surface area contributed by atoms with Gasteiger partial charge in [-0.3, -0.25) is 4.79 Å². The molecule has 1 atom stereocenters. The second kappa shape index (κ2) is 6.58. The van der Waals surface area contributed by atoms with Gasteiger partial charge in [-0.1, -0.05) is 6.92 Å². The largest absolute Gasteiger partial charge is 0.391 e. The first kappa shape index (κ1) is 16.3. The molecular weight excluding hydrogens is 271 g/mol. The molecule has 0 aliphatic rings. The van der Waals surface area contributed by atoms with Gasteiger partial charge in [0.25, 0.3) is 5.91 Å². The zero-order valence-electron chi connectivity index (χ0n) is 11.6. The Morgan fingerprint density at radius 1 is 1.40 bits per heavy atom. The lowest BCUT2D eigenvalue weighted by atomic mass is 10.1. The molecule has 0 aliphatic carbocycles. The van der Waals surface area contributed by atoms with Crippen LogP contribution in [0.1, 0.15) is 36.3 Å². The topological polar surface area (TPSA) is 54.0 Å². The van der Waals surface area contributed by atoms with E-state index in [1.807, 2.05) is 6.92 Å². The van der Waals surface area contributed by atoms with Crippen LogP contribution in [0, 0.1) is 0 Å². The summed E-state index contributed by atoms with van der Waals surface area (Å²) < 4.78 is 36.7. The van der Waals surface area contributed by atoms with E-state index in [1.165, 1.54) is 13.0 Å². The van der Waals surface area contributed by atoms with E-state index < -0.39 is 24.5 Å². The third kappa shape index (κ3) is 5.07. The number of carbonyl (C=O) groups excluding carboxylic acids is 1. The lowest BCUT2D eigenvalue weighted by Crippen LogP contribution is -2.36. The molecule has 0 bridgehead atoms. The highest BCUT2D eigenvalue weighted by Gasteiger charge is 2.30. The third-order valence-corrected chi connectivity index (χ3v) is 2.67. The third-order valence-electron chi connectivity index (χ3n) is 2.67. The maximum atomic E-state index is 12.2. The number of nitrogens with zero attached hydrogens (tertiary/aromatic N) is 1. The Hall–Kier alpha value is -1.79. The van der Waals surface area contributed by atoms with Gasteiger partial charge in [0.2, 0.25) is 0 Å². The maximum Gasteiger partial charge on any atom is 0.391 e.